The molecule has 0 radical (unpaired) electrons. The van der Waals surface area contributed by atoms with Crippen molar-refractivity contribution in [3.63, 3.8) is 0 Å². The summed E-state index contributed by atoms with van der Waals surface area (Å²) < 4.78 is 0. The smallest absolute Gasteiger partial charge is 0.236 e. The molecule has 2 atom stereocenters. The number of nitriles is 1. The lowest BCUT2D eigenvalue weighted by molar-refractivity contribution is -0.129. The van der Waals surface area contributed by atoms with E-state index in [1.54, 1.807) is 4.90 Å². The molecule has 0 spiro atoms. The van der Waals surface area contributed by atoms with E-state index in [-0.39, 0.29) is 17.9 Å². The van der Waals surface area contributed by atoms with Crippen molar-refractivity contribution in [2.75, 3.05) is 13.1 Å². The summed E-state index contributed by atoms with van der Waals surface area (Å²) in [5.41, 5.74) is 5.94. The van der Waals surface area contributed by atoms with Crippen LogP contribution in [0.4, 0.5) is 0 Å². The van der Waals surface area contributed by atoms with E-state index in [1.807, 2.05) is 6.07 Å². The maximum Gasteiger partial charge on any atom is 0.236 e. The number of fused-ring (bicyclic) bond motifs is 1. The average molecular weight is 179 g/mol. The molecule has 2 aliphatic rings. The highest BCUT2D eigenvalue weighted by Gasteiger charge is 2.51. The van der Waals surface area contributed by atoms with E-state index in [9.17, 15) is 4.79 Å². The van der Waals surface area contributed by atoms with Crippen molar-refractivity contribution in [1.82, 2.24) is 4.90 Å². The van der Waals surface area contributed by atoms with Gasteiger partial charge in [0.1, 0.15) is 6.42 Å². The number of hydrogen-bond donors (Lipinski definition) is 1. The molecule has 1 amide bonds. The van der Waals surface area contributed by atoms with Gasteiger partial charge in [-0.05, 0) is 18.8 Å². The minimum absolute atomic E-state index is 0.0111. The van der Waals surface area contributed by atoms with E-state index >= 15 is 0 Å². The van der Waals surface area contributed by atoms with Gasteiger partial charge in [0.2, 0.25) is 5.91 Å². The van der Waals surface area contributed by atoms with Gasteiger partial charge in [0.05, 0.1) is 6.07 Å². The maximum atomic E-state index is 11.4. The predicted octanol–water partition coefficient (Wildman–Crippen LogP) is -0.150. The molecule has 0 aromatic carbocycles. The second-order valence-electron chi connectivity index (χ2n) is 4.08. The lowest BCUT2D eigenvalue weighted by atomic mass is 9.70. The van der Waals surface area contributed by atoms with Crippen LogP contribution in [0.5, 0.6) is 0 Å². The summed E-state index contributed by atoms with van der Waals surface area (Å²) in [6.45, 7) is 1.41. The SMILES string of the molecule is N#CCC(=O)N1CC2CCC2(N)C1. The van der Waals surface area contributed by atoms with Crippen LogP contribution in [0, 0.1) is 17.2 Å². The summed E-state index contributed by atoms with van der Waals surface area (Å²) in [6, 6.07) is 1.87. The Morgan fingerprint density at radius 1 is 1.77 bits per heavy atom. The molecular formula is C9H13N3O. The zero-order valence-electron chi connectivity index (χ0n) is 7.49. The number of nitrogens with zero attached hydrogens (tertiary/aromatic N) is 2. The summed E-state index contributed by atoms with van der Waals surface area (Å²) in [7, 11) is 0. The summed E-state index contributed by atoms with van der Waals surface area (Å²) >= 11 is 0. The zero-order chi connectivity index (χ0) is 9.47. The Morgan fingerprint density at radius 2 is 2.54 bits per heavy atom. The Bertz CT molecular complexity index is 283. The molecule has 13 heavy (non-hydrogen) atoms. The molecule has 2 rings (SSSR count). The quantitative estimate of drug-likeness (QED) is 0.608. The molecule has 1 saturated carbocycles. The van der Waals surface area contributed by atoms with Gasteiger partial charge in [0.25, 0.3) is 0 Å². The van der Waals surface area contributed by atoms with Crippen LogP contribution in [0.1, 0.15) is 19.3 Å². The van der Waals surface area contributed by atoms with Gasteiger partial charge in [-0.25, -0.2) is 0 Å². The Hall–Kier alpha value is -1.08. The zero-order valence-corrected chi connectivity index (χ0v) is 7.49. The third-order valence-electron chi connectivity index (χ3n) is 3.28. The second kappa shape index (κ2) is 2.71. The van der Waals surface area contributed by atoms with Crippen LogP contribution in [-0.2, 0) is 4.79 Å². The molecule has 70 valence electrons. The molecule has 0 bridgehead atoms. The molecular weight excluding hydrogens is 166 g/mol. The summed E-state index contributed by atoms with van der Waals surface area (Å²) in [5, 5.41) is 8.38. The van der Waals surface area contributed by atoms with Crippen molar-refractivity contribution < 1.29 is 4.79 Å². The van der Waals surface area contributed by atoms with Crippen molar-refractivity contribution >= 4 is 5.91 Å². The molecule has 4 heteroatoms. The van der Waals surface area contributed by atoms with Gasteiger partial charge < -0.3 is 10.6 Å². The van der Waals surface area contributed by atoms with Gasteiger partial charge in [0.15, 0.2) is 0 Å². The number of rotatable bonds is 1. The molecule has 1 aliphatic carbocycles. The normalized spacial score (nSPS) is 36.3. The first-order valence-electron chi connectivity index (χ1n) is 4.59. The molecule has 1 heterocycles. The number of nitrogens with two attached hydrogens (primary N) is 1. The van der Waals surface area contributed by atoms with Crippen molar-refractivity contribution in [2.45, 2.75) is 24.8 Å². The number of hydrogen-bond acceptors (Lipinski definition) is 3. The monoisotopic (exact) mass is 179 g/mol. The summed E-state index contributed by atoms with van der Waals surface area (Å²) in [5.74, 6) is 0.414. The maximum absolute atomic E-state index is 11.4. The van der Waals surface area contributed by atoms with Crippen LogP contribution in [-0.4, -0.2) is 29.4 Å². The highest BCUT2D eigenvalue weighted by molar-refractivity contribution is 5.78. The van der Waals surface area contributed by atoms with E-state index in [0.29, 0.717) is 12.5 Å². The van der Waals surface area contributed by atoms with Crippen molar-refractivity contribution in [2.24, 2.45) is 11.7 Å². The van der Waals surface area contributed by atoms with Gasteiger partial charge in [-0.3, -0.25) is 4.79 Å². The number of carbonyl (C=O) groups excluding carboxylic acids is 1. The van der Waals surface area contributed by atoms with Gasteiger partial charge in [-0.2, -0.15) is 5.26 Å². The standard InChI is InChI=1S/C9H13N3O/c10-4-2-8(13)12-5-7-1-3-9(7,11)6-12/h7H,1-3,5-6,11H2. The first kappa shape index (κ1) is 8.52. The fourth-order valence-corrected chi connectivity index (χ4v) is 2.26. The van der Waals surface area contributed by atoms with Crippen LogP contribution in [0.3, 0.4) is 0 Å². The molecule has 2 unspecified atom stereocenters. The van der Waals surface area contributed by atoms with Crippen LogP contribution >= 0.6 is 0 Å². The lowest BCUT2D eigenvalue weighted by Crippen LogP contribution is -2.54. The van der Waals surface area contributed by atoms with E-state index < -0.39 is 0 Å². The first-order valence-corrected chi connectivity index (χ1v) is 4.59. The topological polar surface area (TPSA) is 70.1 Å². The minimum Gasteiger partial charge on any atom is -0.340 e. The van der Waals surface area contributed by atoms with E-state index in [4.69, 9.17) is 11.0 Å². The van der Waals surface area contributed by atoms with Crippen molar-refractivity contribution in [1.29, 1.82) is 5.26 Å². The van der Waals surface area contributed by atoms with E-state index in [0.717, 1.165) is 19.4 Å². The Labute approximate surface area is 77.3 Å². The Kier molecular flexibility index (Phi) is 1.77. The van der Waals surface area contributed by atoms with Crippen LogP contribution in [0.15, 0.2) is 0 Å². The molecule has 0 aromatic heterocycles. The molecule has 2 fully saturated rings. The van der Waals surface area contributed by atoms with E-state index in [2.05, 4.69) is 0 Å². The number of amides is 1. The third kappa shape index (κ3) is 1.20. The summed E-state index contributed by atoms with van der Waals surface area (Å²) in [6.07, 6.45) is 2.14. The van der Waals surface area contributed by atoms with Gasteiger partial charge >= 0.3 is 0 Å². The molecule has 2 N–H and O–H groups in total. The third-order valence-corrected chi connectivity index (χ3v) is 3.28. The van der Waals surface area contributed by atoms with Gasteiger partial charge in [-0.15, -0.1) is 0 Å². The number of carbonyl (C=O) groups is 1. The van der Waals surface area contributed by atoms with Crippen molar-refractivity contribution in [3.05, 3.63) is 0 Å². The van der Waals surface area contributed by atoms with Crippen LogP contribution in [0.2, 0.25) is 0 Å². The second-order valence-corrected chi connectivity index (χ2v) is 4.08. The highest BCUT2D eigenvalue weighted by atomic mass is 16.2. The Morgan fingerprint density at radius 3 is 2.92 bits per heavy atom. The fraction of sp³-hybridized carbons (Fsp3) is 0.778. The van der Waals surface area contributed by atoms with Gasteiger partial charge in [-0.1, -0.05) is 0 Å². The van der Waals surface area contributed by atoms with Crippen molar-refractivity contribution in [3.8, 4) is 6.07 Å². The van der Waals surface area contributed by atoms with Gasteiger partial charge in [0, 0.05) is 18.6 Å². The molecule has 4 nitrogen and oxygen atoms in total. The lowest BCUT2D eigenvalue weighted by Gasteiger charge is -2.39. The first-order chi connectivity index (χ1) is 6.15. The molecule has 0 aromatic rings. The molecule has 1 aliphatic heterocycles. The fourth-order valence-electron chi connectivity index (χ4n) is 2.26. The van der Waals surface area contributed by atoms with E-state index in [1.165, 1.54) is 0 Å². The predicted molar refractivity (Wildman–Crippen MR) is 46.5 cm³/mol. The van der Waals surface area contributed by atoms with Crippen LogP contribution < -0.4 is 5.73 Å². The minimum atomic E-state index is -0.120. The summed E-state index contributed by atoms with van der Waals surface area (Å²) in [4.78, 5) is 13.1. The average Bonchev–Trinajstić information content (AvgIpc) is 2.30. The molecule has 1 saturated heterocycles. The Balaban J connectivity index is 1.99. The number of likely N-dealkylation sites (tertiary alicyclic amines) is 1. The highest BCUT2D eigenvalue weighted by Crippen LogP contribution is 2.42. The largest absolute Gasteiger partial charge is 0.340 e. The van der Waals surface area contributed by atoms with Crippen LogP contribution in [0.25, 0.3) is 0 Å².